The number of benzene rings is 2. The molecule has 158 valence electrons. The van der Waals surface area contributed by atoms with Crippen molar-refractivity contribution in [3.05, 3.63) is 70.0 Å². The van der Waals surface area contributed by atoms with Crippen LogP contribution in [0.15, 0.2) is 42.5 Å². The average Bonchev–Trinajstić information content (AvgIpc) is 3.18. The van der Waals surface area contributed by atoms with E-state index in [1.165, 1.54) is 0 Å². The zero-order chi connectivity index (χ0) is 22.1. The third-order valence-corrected chi connectivity index (χ3v) is 5.60. The number of aryl methyl sites for hydroxylation is 3. The van der Waals surface area contributed by atoms with Crippen molar-refractivity contribution in [2.45, 2.75) is 27.2 Å². The first kappa shape index (κ1) is 20.8. The van der Waals surface area contributed by atoms with Crippen molar-refractivity contribution < 1.29 is 9.53 Å². The van der Waals surface area contributed by atoms with Gasteiger partial charge in [0.1, 0.15) is 5.75 Å². The third-order valence-electron chi connectivity index (χ3n) is 5.19. The number of hydrogen-bond donors (Lipinski definition) is 1. The zero-order valence-electron chi connectivity index (χ0n) is 17.7. The Morgan fingerprint density at radius 2 is 1.84 bits per heavy atom. The Morgan fingerprint density at radius 1 is 1.10 bits per heavy atom. The molecule has 0 saturated heterocycles. The van der Waals surface area contributed by atoms with E-state index in [0.29, 0.717) is 22.3 Å². The molecule has 0 aliphatic rings. The Hall–Kier alpha value is -3.45. The van der Waals surface area contributed by atoms with Crippen LogP contribution in [-0.2, 0) is 11.2 Å². The number of nitrogens with zero attached hydrogens (tertiary/aromatic N) is 4. The summed E-state index contributed by atoms with van der Waals surface area (Å²) in [7, 11) is 1.62. The number of anilines is 1. The molecule has 0 fully saturated rings. The van der Waals surface area contributed by atoms with Gasteiger partial charge in [-0.1, -0.05) is 17.7 Å². The molecule has 31 heavy (non-hydrogen) atoms. The number of aromatic nitrogens is 4. The number of fused-ring (bicyclic) bond motifs is 1. The second-order valence-electron chi connectivity index (χ2n) is 7.33. The van der Waals surface area contributed by atoms with Crippen LogP contribution in [-0.4, -0.2) is 32.6 Å². The fraction of sp³-hybridized carbons (Fsp3) is 0.217. The maximum Gasteiger partial charge on any atom is 0.253 e. The normalized spacial score (nSPS) is 11.0. The fourth-order valence-corrected chi connectivity index (χ4v) is 3.54. The van der Waals surface area contributed by atoms with Crippen LogP contribution in [0.1, 0.15) is 22.5 Å². The number of methoxy groups -OCH3 is 1. The van der Waals surface area contributed by atoms with Gasteiger partial charge in [0.15, 0.2) is 5.82 Å². The van der Waals surface area contributed by atoms with Gasteiger partial charge in [-0.25, -0.2) is 9.50 Å². The largest absolute Gasteiger partial charge is 0.497 e. The van der Waals surface area contributed by atoms with Crippen LogP contribution >= 0.6 is 11.6 Å². The van der Waals surface area contributed by atoms with Gasteiger partial charge in [0.2, 0.25) is 5.91 Å². The Bertz CT molecular complexity index is 1280. The van der Waals surface area contributed by atoms with Crippen LogP contribution in [0.3, 0.4) is 0 Å². The Morgan fingerprint density at radius 3 is 2.52 bits per heavy atom. The van der Waals surface area contributed by atoms with Crippen LogP contribution in [0.2, 0.25) is 5.02 Å². The number of rotatable bonds is 5. The van der Waals surface area contributed by atoms with E-state index in [4.69, 9.17) is 16.3 Å². The van der Waals surface area contributed by atoms with E-state index in [1.807, 2.05) is 57.2 Å². The van der Waals surface area contributed by atoms with E-state index in [9.17, 15) is 4.79 Å². The van der Waals surface area contributed by atoms with Crippen molar-refractivity contribution in [3.8, 4) is 17.1 Å². The molecular weight excluding hydrogens is 414 g/mol. The molecule has 2 aromatic carbocycles. The van der Waals surface area contributed by atoms with Gasteiger partial charge < -0.3 is 10.1 Å². The maximum atomic E-state index is 12.7. The lowest BCUT2D eigenvalue weighted by atomic mass is 10.1. The fourth-order valence-electron chi connectivity index (χ4n) is 3.36. The number of amides is 1. The molecule has 0 saturated carbocycles. The number of ether oxygens (including phenoxy) is 1. The average molecular weight is 436 g/mol. The van der Waals surface area contributed by atoms with E-state index in [0.717, 1.165) is 33.8 Å². The van der Waals surface area contributed by atoms with Gasteiger partial charge in [-0.3, -0.25) is 4.79 Å². The summed E-state index contributed by atoms with van der Waals surface area (Å²) >= 11 is 6.16. The van der Waals surface area contributed by atoms with Gasteiger partial charge in [0.05, 0.1) is 13.5 Å². The number of carbonyl (C=O) groups is 1. The summed E-state index contributed by atoms with van der Waals surface area (Å²) in [5.74, 6) is 1.67. The summed E-state index contributed by atoms with van der Waals surface area (Å²) in [6.07, 6.45) is 0.170. The molecule has 0 unspecified atom stereocenters. The van der Waals surface area contributed by atoms with Crippen molar-refractivity contribution in [2.24, 2.45) is 0 Å². The molecule has 4 aromatic rings. The number of halogens is 1. The molecule has 7 nitrogen and oxygen atoms in total. The van der Waals surface area contributed by atoms with E-state index < -0.39 is 0 Å². The molecule has 0 aliphatic carbocycles. The van der Waals surface area contributed by atoms with E-state index in [-0.39, 0.29) is 12.3 Å². The summed E-state index contributed by atoms with van der Waals surface area (Å²) in [6.45, 7) is 5.71. The first-order valence-electron chi connectivity index (χ1n) is 9.79. The molecule has 0 aliphatic heterocycles. The summed E-state index contributed by atoms with van der Waals surface area (Å²) < 4.78 is 6.88. The third kappa shape index (κ3) is 4.22. The smallest absolute Gasteiger partial charge is 0.253 e. The standard InChI is InChI=1S/C23H22ClN5O2/c1-13-5-8-17(11-20(13)24)26-21(30)12-19-14(2)25-23-27-22(28-29(23)15(19)3)16-6-9-18(31-4)10-7-16/h5-11H,12H2,1-4H3,(H,26,30). The number of nitrogens with one attached hydrogen (secondary N) is 1. The molecule has 0 radical (unpaired) electrons. The van der Waals surface area contributed by atoms with E-state index in [1.54, 1.807) is 17.7 Å². The minimum absolute atomic E-state index is 0.150. The molecule has 8 heteroatoms. The van der Waals surface area contributed by atoms with Crippen molar-refractivity contribution in [3.63, 3.8) is 0 Å². The molecule has 1 amide bonds. The van der Waals surface area contributed by atoms with Crippen LogP contribution in [0.25, 0.3) is 17.2 Å². The highest BCUT2D eigenvalue weighted by atomic mass is 35.5. The first-order valence-corrected chi connectivity index (χ1v) is 10.2. The van der Waals surface area contributed by atoms with Gasteiger partial charge in [0, 0.05) is 33.2 Å². The lowest BCUT2D eigenvalue weighted by Crippen LogP contribution is -2.17. The Balaban J connectivity index is 1.61. The van der Waals surface area contributed by atoms with Crippen LogP contribution in [0.5, 0.6) is 5.75 Å². The van der Waals surface area contributed by atoms with Gasteiger partial charge in [-0.15, -0.1) is 5.10 Å². The van der Waals surface area contributed by atoms with E-state index >= 15 is 0 Å². The highest BCUT2D eigenvalue weighted by molar-refractivity contribution is 6.31. The summed E-state index contributed by atoms with van der Waals surface area (Å²) in [5.41, 5.74) is 4.86. The molecule has 0 bridgehead atoms. The quantitative estimate of drug-likeness (QED) is 0.497. The Kier molecular flexibility index (Phi) is 5.61. The molecule has 0 atom stereocenters. The molecule has 4 rings (SSSR count). The molecule has 1 N–H and O–H groups in total. The lowest BCUT2D eigenvalue weighted by molar-refractivity contribution is -0.115. The predicted octanol–water partition coefficient (Wildman–Crippen LogP) is 4.56. The topological polar surface area (TPSA) is 81.4 Å². The van der Waals surface area contributed by atoms with Crippen LogP contribution in [0, 0.1) is 20.8 Å². The predicted molar refractivity (Wildman–Crippen MR) is 121 cm³/mol. The van der Waals surface area contributed by atoms with Gasteiger partial charge >= 0.3 is 0 Å². The van der Waals surface area contributed by atoms with Crippen molar-refractivity contribution in [1.82, 2.24) is 19.6 Å². The molecule has 0 spiro atoms. The van der Waals surface area contributed by atoms with Crippen molar-refractivity contribution in [2.75, 3.05) is 12.4 Å². The van der Waals surface area contributed by atoms with Crippen LogP contribution in [0.4, 0.5) is 5.69 Å². The minimum atomic E-state index is -0.150. The van der Waals surface area contributed by atoms with E-state index in [2.05, 4.69) is 20.4 Å². The van der Waals surface area contributed by atoms with Crippen molar-refractivity contribution in [1.29, 1.82) is 0 Å². The second kappa shape index (κ2) is 8.35. The van der Waals surface area contributed by atoms with Gasteiger partial charge in [-0.2, -0.15) is 4.98 Å². The van der Waals surface area contributed by atoms with Gasteiger partial charge in [0.25, 0.3) is 5.78 Å². The SMILES string of the molecule is COc1ccc(-c2nc3nc(C)c(CC(=O)Nc4ccc(C)c(Cl)c4)c(C)n3n2)cc1. The summed E-state index contributed by atoms with van der Waals surface area (Å²) in [5, 5.41) is 8.11. The molecule has 2 heterocycles. The van der Waals surface area contributed by atoms with Gasteiger partial charge in [-0.05, 0) is 62.7 Å². The molecular formula is C23H22ClN5O2. The first-order chi connectivity index (χ1) is 14.9. The highest BCUT2D eigenvalue weighted by Gasteiger charge is 2.17. The van der Waals surface area contributed by atoms with Crippen molar-refractivity contribution >= 4 is 29.0 Å². The summed E-state index contributed by atoms with van der Waals surface area (Å²) in [4.78, 5) is 21.8. The lowest BCUT2D eigenvalue weighted by Gasteiger charge is -2.11. The number of carbonyl (C=O) groups excluding carboxylic acids is 1. The van der Waals surface area contributed by atoms with Crippen LogP contribution < -0.4 is 10.1 Å². The Labute approximate surface area is 185 Å². The minimum Gasteiger partial charge on any atom is -0.497 e. The summed E-state index contributed by atoms with van der Waals surface area (Å²) in [6, 6.07) is 13.0. The zero-order valence-corrected chi connectivity index (χ0v) is 18.5. The monoisotopic (exact) mass is 435 g/mol. The number of hydrogen-bond acceptors (Lipinski definition) is 5. The molecule has 2 aromatic heterocycles. The highest BCUT2D eigenvalue weighted by Crippen LogP contribution is 2.23. The maximum absolute atomic E-state index is 12.7. The second-order valence-corrected chi connectivity index (χ2v) is 7.73.